The molecule has 2 aromatic carbocycles. The molecule has 0 spiro atoms. The quantitative estimate of drug-likeness (QED) is 0.212. The van der Waals surface area contributed by atoms with Crippen molar-refractivity contribution in [2.75, 3.05) is 26.2 Å². The zero-order valence-electron chi connectivity index (χ0n) is 17.1. The van der Waals surface area contributed by atoms with Crippen molar-refractivity contribution < 1.29 is 5.11 Å². The molecule has 3 aromatic rings. The van der Waals surface area contributed by atoms with E-state index in [1.807, 2.05) is 30.3 Å². The summed E-state index contributed by atoms with van der Waals surface area (Å²) >= 11 is 0. The van der Waals surface area contributed by atoms with Crippen molar-refractivity contribution in [3.8, 4) is 0 Å². The number of hydrogen-bond acceptors (Lipinski definition) is 2. The van der Waals surface area contributed by atoms with Gasteiger partial charge in [-0.3, -0.25) is 4.99 Å². The van der Waals surface area contributed by atoms with Crippen molar-refractivity contribution in [3.63, 3.8) is 0 Å². The van der Waals surface area contributed by atoms with E-state index in [1.165, 1.54) is 22.0 Å². The van der Waals surface area contributed by atoms with Crippen LogP contribution in [0, 0.1) is 6.92 Å². The van der Waals surface area contributed by atoms with Gasteiger partial charge in [0, 0.05) is 36.1 Å². The lowest BCUT2D eigenvalue weighted by Gasteiger charge is -2.15. The lowest BCUT2D eigenvalue weighted by molar-refractivity contribution is 0.268. The molecule has 156 valence electrons. The normalized spacial score (nSPS) is 12.4. The summed E-state index contributed by atoms with van der Waals surface area (Å²) in [6.07, 6.45) is 3.00. The highest BCUT2D eigenvalue weighted by Gasteiger charge is 2.10. The first-order chi connectivity index (χ1) is 13.7. The van der Waals surface area contributed by atoms with Crippen molar-refractivity contribution in [2.45, 2.75) is 26.2 Å². The minimum Gasteiger partial charge on any atom is -0.396 e. The number of nitrogens with zero attached hydrogens (tertiary/aromatic N) is 1. The highest BCUT2D eigenvalue weighted by Crippen LogP contribution is 2.19. The monoisotopic (exact) mass is 506 g/mol. The zero-order valence-corrected chi connectivity index (χ0v) is 19.4. The highest BCUT2D eigenvalue weighted by atomic mass is 127. The van der Waals surface area contributed by atoms with Crippen LogP contribution in [0.2, 0.25) is 0 Å². The summed E-state index contributed by atoms with van der Waals surface area (Å²) in [7, 11) is 0. The number of aliphatic imine (C=N–C) groups is 1. The van der Waals surface area contributed by atoms with Gasteiger partial charge >= 0.3 is 0 Å². The van der Waals surface area contributed by atoms with Gasteiger partial charge in [0.2, 0.25) is 0 Å². The Hall–Kier alpha value is -2.06. The fraction of sp³-hybridized carbons (Fsp3) is 0.348. The first-order valence-electron chi connectivity index (χ1n) is 9.96. The molecule has 6 heteroatoms. The topological polar surface area (TPSA) is 72.4 Å². The third-order valence-electron chi connectivity index (χ3n) is 4.92. The van der Waals surface area contributed by atoms with Crippen molar-refractivity contribution >= 4 is 40.8 Å². The van der Waals surface area contributed by atoms with Crippen LogP contribution in [0.15, 0.2) is 59.7 Å². The van der Waals surface area contributed by atoms with Crippen molar-refractivity contribution in [1.29, 1.82) is 0 Å². The number of halogens is 1. The number of benzene rings is 2. The molecule has 0 aliphatic heterocycles. The number of aliphatic hydroxyl groups excluding tert-OH is 1. The molecule has 3 rings (SSSR count). The molecule has 0 amide bonds. The Labute approximate surface area is 190 Å². The zero-order chi connectivity index (χ0) is 19.8. The molecule has 0 radical (unpaired) electrons. The average molecular weight is 506 g/mol. The fourth-order valence-corrected chi connectivity index (χ4v) is 3.36. The standard InChI is InChI=1S/C23H30N4O.HI/c1-3-24-23(27-15-20(16-28)18-7-5-4-6-8-18)25-12-11-19-14-26-22-13-17(2)9-10-21(19)22;/h4-10,13-14,20,26,28H,3,11-12,15-16H2,1-2H3,(H2,24,25,27);1H. The van der Waals surface area contributed by atoms with E-state index < -0.39 is 0 Å². The number of fused-ring (bicyclic) bond motifs is 1. The predicted molar refractivity (Wildman–Crippen MR) is 132 cm³/mol. The van der Waals surface area contributed by atoms with E-state index in [0.717, 1.165) is 31.0 Å². The van der Waals surface area contributed by atoms with Crippen molar-refractivity contribution in [2.24, 2.45) is 4.99 Å². The Morgan fingerprint density at radius 3 is 2.66 bits per heavy atom. The molecule has 5 nitrogen and oxygen atoms in total. The van der Waals surface area contributed by atoms with E-state index in [-0.39, 0.29) is 36.5 Å². The Morgan fingerprint density at radius 1 is 1.14 bits per heavy atom. The third-order valence-corrected chi connectivity index (χ3v) is 4.92. The largest absolute Gasteiger partial charge is 0.396 e. The van der Waals surface area contributed by atoms with Gasteiger partial charge in [0.1, 0.15) is 0 Å². The molecular formula is C23H31IN4O. The molecule has 1 atom stereocenters. The lowest BCUT2D eigenvalue weighted by Crippen LogP contribution is -2.38. The SMILES string of the molecule is CCNC(=NCC(CO)c1ccccc1)NCCc1c[nH]c2cc(C)ccc12.I. The van der Waals surface area contributed by atoms with Crippen molar-refractivity contribution in [1.82, 2.24) is 15.6 Å². The second-order valence-electron chi connectivity index (χ2n) is 7.05. The van der Waals surface area contributed by atoms with E-state index in [9.17, 15) is 5.11 Å². The molecule has 0 aliphatic carbocycles. The first kappa shape index (κ1) is 23.2. The van der Waals surface area contributed by atoms with E-state index >= 15 is 0 Å². The van der Waals surface area contributed by atoms with Crippen LogP contribution in [0.1, 0.15) is 29.5 Å². The molecule has 1 unspecified atom stereocenters. The summed E-state index contributed by atoms with van der Waals surface area (Å²) in [5, 5.41) is 17.7. The van der Waals surface area contributed by atoms with Gasteiger partial charge in [-0.05, 0) is 43.0 Å². The Balaban J connectivity index is 0.00000300. The van der Waals surface area contributed by atoms with Gasteiger partial charge in [0.15, 0.2) is 5.96 Å². The number of H-pyrrole nitrogens is 1. The van der Waals surface area contributed by atoms with Crippen LogP contribution in [0.25, 0.3) is 10.9 Å². The molecule has 0 fully saturated rings. The van der Waals surface area contributed by atoms with Crippen LogP contribution in [0.3, 0.4) is 0 Å². The number of nitrogens with one attached hydrogen (secondary N) is 3. The minimum atomic E-state index is 0. The maximum absolute atomic E-state index is 9.73. The second-order valence-corrected chi connectivity index (χ2v) is 7.05. The van der Waals surface area contributed by atoms with Gasteiger partial charge in [0.05, 0.1) is 13.2 Å². The summed E-state index contributed by atoms with van der Waals surface area (Å²) < 4.78 is 0. The third kappa shape index (κ3) is 6.47. The second kappa shape index (κ2) is 11.8. The van der Waals surface area contributed by atoms with Crippen LogP contribution in [0.4, 0.5) is 0 Å². The van der Waals surface area contributed by atoms with Crippen LogP contribution < -0.4 is 10.6 Å². The maximum Gasteiger partial charge on any atom is 0.191 e. The van der Waals surface area contributed by atoms with Crippen molar-refractivity contribution in [3.05, 3.63) is 71.4 Å². The molecular weight excluding hydrogens is 475 g/mol. The number of rotatable bonds is 8. The molecule has 4 N–H and O–H groups in total. The maximum atomic E-state index is 9.73. The smallest absolute Gasteiger partial charge is 0.191 e. The van der Waals surface area contributed by atoms with E-state index in [2.05, 4.69) is 58.9 Å². The lowest BCUT2D eigenvalue weighted by atomic mass is 10.0. The van der Waals surface area contributed by atoms with Gasteiger partial charge in [0.25, 0.3) is 0 Å². The number of aryl methyl sites for hydroxylation is 1. The van der Waals surface area contributed by atoms with Gasteiger partial charge in [-0.1, -0.05) is 42.5 Å². The predicted octanol–water partition coefficient (Wildman–Crippen LogP) is 3.97. The first-order valence-corrected chi connectivity index (χ1v) is 9.96. The Bertz CT molecular complexity index is 908. The van der Waals surface area contributed by atoms with Gasteiger partial charge in [-0.25, -0.2) is 0 Å². The molecule has 1 aromatic heterocycles. The van der Waals surface area contributed by atoms with E-state index in [4.69, 9.17) is 0 Å². The summed E-state index contributed by atoms with van der Waals surface area (Å²) in [5.74, 6) is 0.793. The summed E-state index contributed by atoms with van der Waals surface area (Å²) in [4.78, 5) is 8.04. The molecule has 0 saturated heterocycles. The molecule has 0 aliphatic rings. The Kier molecular flexibility index (Phi) is 9.47. The number of aliphatic hydroxyl groups is 1. The number of aromatic nitrogens is 1. The molecule has 29 heavy (non-hydrogen) atoms. The minimum absolute atomic E-state index is 0. The average Bonchev–Trinajstić information content (AvgIpc) is 3.11. The highest BCUT2D eigenvalue weighted by molar-refractivity contribution is 14.0. The Morgan fingerprint density at radius 2 is 1.93 bits per heavy atom. The van der Waals surface area contributed by atoms with Gasteiger partial charge in [-0.2, -0.15) is 0 Å². The van der Waals surface area contributed by atoms with Crippen LogP contribution in [-0.2, 0) is 6.42 Å². The number of hydrogen-bond donors (Lipinski definition) is 4. The van der Waals surface area contributed by atoms with Gasteiger partial charge < -0.3 is 20.7 Å². The summed E-state index contributed by atoms with van der Waals surface area (Å²) in [6.45, 7) is 6.38. The number of aromatic amines is 1. The summed E-state index contributed by atoms with van der Waals surface area (Å²) in [5.41, 5.74) is 4.86. The molecule has 0 saturated carbocycles. The van der Waals surface area contributed by atoms with E-state index in [1.54, 1.807) is 0 Å². The fourth-order valence-electron chi connectivity index (χ4n) is 3.36. The van der Waals surface area contributed by atoms with Crippen LogP contribution in [-0.4, -0.2) is 42.3 Å². The molecule has 0 bridgehead atoms. The van der Waals surface area contributed by atoms with Crippen LogP contribution >= 0.6 is 24.0 Å². The van der Waals surface area contributed by atoms with Gasteiger partial charge in [-0.15, -0.1) is 24.0 Å². The summed E-state index contributed by atoms with van der Waals surface area (Å²) in [6, 6.07) is 16.6. The van der Waals surface area contributed by atoms with E-state index in [0.29, 0.717) is 6.54 Å². The number of guanidine groups is 1. The van der Waals surface area contributed by atoms with Crippen LogP contribution in [0.5, 0.6) is 0 Å². The molecule has 1 heterocycles.